The zero-order valence-corrected chi connectivity index (χ0v) is 12.3. The number of nitrogens with one attached hydrogen (secondary N) is 1. The van der Waals surface area contributed by atoms with E-state index in [0.29, 0.717) is 0 Å². The lowest BCUT2D eigenvalue weighted by Crippen LogP contribution is -1.89. The molecule has 100 valence electrons. The van der Waals surface area contributed by atoms with Crippen LogP contribution < -0.4 is 5.32 Å². The van der Waals surface area contributed by atoms with Gasteiger partial charge in [0.1, 0.15) is 0 Å². The van der Waals surface area contributed by atoms with Crippen LogP contribution in [-0.2, 0) is 0 Å². The minimum atomic E-state index is 1.10. The molecule has 0 amide bonds. The van der Waals surface area contributed by atoms with Gasteiger partial charge in [-0.3, -0.25) is 0 Å². The minimum Gasteiger partial charge on any atom is -0.323 e. The van der Waals surface area contributed by atoms with Crippen LogP contribution >= 0.6 is 11.6 Å². The van der Waals surface area contributed by atoms with Gasteiger partial charge in [-0.15, -0.1) is 0 Å². The van der Waals surface area contributed by atoms with Crippen molar-refractivity contribution in [2.45, 2.75) is 13.3 Å². The van der Waals surface area contributed by atoms with Gasteiger partial charge in [0.25, 0.3) is 0 Å². The van der Waals surface area contributed by atoms with Crippen LogP contribution in [0.5, 0.6) is 0 Å². The van der Waals surface area contributed by atoms with Gasteiger partial charge in [-0.05, 0) is 32.2 Å². The summed E-state index contributed by atoms with van der Waals surface area (Å²) in [5.41, 5.74) is 2.64. The molecule has 0 saturated carbocycles. The van der Waals surface area contributed by atoms with Crippen LogP contribution in [0.1, 0.15) is 18.9 Å². The second-order valence-electron chi connectivity index (χ2n) is 3.28. The van der Waals surface area contributed by atoms with Crippen LogP contribution in [0, 0.1) is 0 Å². The van der Waals surface area contributed by atoms with E-state index in [1.54, 1.807) is 6.08 Å². The van der Waals surface area contributed by atoms with Crippen molar-refractivity contribution in [1.82, 2.24) is 5.32 Å². The summed E-state index contributed by atoms with van der Waals surface area (Å²) in [7, 11) is 3.75. The molecule has 0 aliphatic heterocycles. The number of halogens is 1. The Morgan fingerprint density at radius 2 is 1.78 bits per heavy atom. The molecular weight excluding hydrogens is 242 g/mol. The second-order valence-corrected chi connectivity index (χ2v) is 3.53. The third-order valence-corrected chi connectivity index (χ3v) is 1.69. The molecule has 0 spiro atoms. The van der Waals surface area contributed by atoms with Crippen molar-refractivity contribution in [1.29, 1.82) is 0 Å². The van der Waals surface area contributed by atoms with Crippen LogP contribution in [0.25, 0.3) is 6.08 Å². The third kappa shape index (κ3) is 17.1. The third-order valence-electron chi connectivity index (χ3n) is 1.56. The van der Waals surface area contributed by atoms with E-state index >= 15 is 0 Å². The van der Waals surface area contributed by atoms with Gasteiger partial charge in [-0.2, -0.15) is 0 Å². The first kappa shape index (κ1) is 19.0. The standard InChI is InChI=1S/C8H7Cl.C6H10.C2H7N/c9-7-6-8-4-2-1-3-5-8;1-3-5-6-4-2;1-3-2/h1-7H;3,5-6H,1,4H2,2H3;3H,1-2H3. The Morgan fingerprint density at radius 1 is 1.22 bits per heavy atom. The van der Waals surface area contributed by atoms with Crippen LogP contribution in [0.2, 0.25) is 0 Å². The molecule has 0 aliphatic carbocycles. The number of hydrogen-bond donors (Lipinski definition) is 1. The van der Waals surface area contributed by atoms with E-state index in [1.807, 2.05) is 56.6 Å². The minimum absolute atomic E-state index is 1.10. The smallest absolute Gasteiger partial charge is 0.00484 e. The first-order chi connectivity index (χ1) is 8.76. The topological polar surface area (TPSA) is 12.0 Å². The summed E-state index contributed by atoms with van der Waals surface area (Å²) in [6.07, 6.45) is 8.74. The van der Waals surface area contributed by atoms with Crippen molar-refractivity contribution in [2.24, 2.45) is 0 Å². The normalized spacial score (nSPS) is 9.33. The molecule has 1 N–H and O–H groups in total. The summed E-state index contributed by atoms with van der Waals surface area (Å²) in [5.74, 6) is 0. The number of rotatable bonds is 3. The van der Waals surface area contributed by atoms with Crippen molar-refractivity contribution < 1.29 is 0 Å². The summed E-state index contributed by atoms with van der Waals surface area (Å²) in [6, 6.07) is 9.93. The quantitative estimate of drug-likeness (QED) is 0.769. The zero-order chi connectivity index (χ0) is 14.1. The van der Waals surface area contributed by atoms with Crippen LogP contribution in [0.15, 0.2) is 60.7 Å². The van der Waals surface area contributed by atoms with E-state index in [-0.39, 0.29) is 0 Å². The van der Waals surface area contributed by atoms with Crippen molar-refractivity contribution in [3.8, 4) is 0 Å². The van der Waals surface area contributed by atoms with E-state index in [1.165, 1.54) is 5.54 Å². The highest BCUT2D eigenvalue weighted by Gasteiger charge is 1.78. The fourth-order valence-electron chi connectivity index (χ4n) is 0.869. The van der Waals surface area contributed by atoms with E-state index in [0.717, 1.165) is 12.0 Å². The molecule has 1 nitrogen and oxygen atoms in total. The van der Waals surface area contributed by atoms with Gasteiger partial charge in [0.15, 0.2) is 0 Å². The Balaban J connectivity index is 0. The summed E-state index contributed by atoms with van der Waals surface area (Å²) >= 11 is 5.36. The van der Waals surface area contributed by atoms with E-state index < -0.39 is 0 Å². The highest BCUT2D eigenvalue weighted by atomic mass is 35.5. The summed E-state index contributed by atoms with van der Waals surface area (Å²) < 4.78 is 0. The fourth-order valence-corrected chi connectivity index (χ4v) is 1.01. The molecule has 0 fully saturated rings. The number of allylic oxidation sites excluding steroid dienone is 3. The zero-order valence-electron chi connectivity index (χ0n) is 11.6. The van der Waals surface area contributed by atoms with Gasteiger partial charge in [0.2, 0.25) is 0 Å². The molecule has 1 rings (SSSR count). The predicted octanol–water partition coefficient (Wildman–Crippen LogP) is 4.87. The number of benzene rings is 1. The average Bonchev–Trinajstić information content (AvgIpc) is 2.40. The van der Waals surface area contributed by atoms with Gasteiger partial charge in [-0.1, -0.05) is 73.7 Å². The Kier molecular flexibility index (Phi) is 19.1. The first-order valence-electron chi connectivity index (χ1n) is 5.94. The summed E-state index contributed by atoms with van der Waals surface area (Å²) in [5, 5.41) is 2.75. The van der Waals surface area contributed by atoms with Gasteiger partial charge < -0.3 is 5.32 Å². The van der Waals surface area contributed by atoms with Crippen molar-refractivity contribution >= 4 is 17.7 Å². The van der Waals surface area contributed by atoms with Gasteiger partial charge >= 0.3 is 0 Å². The molecule has 0 bridgehead atoms. The lowest BCUT2D eigenvalue weighted by atomic mass is 10.2. The summed E-state index contributed by atoms with van der Waals surface area (Å²) in [4.78, 5) is 0. The van der Waals surface area contributed by atoms with Gasteiger partial charge in [0.05, 0.1) is 0 Å². The Labute approximate surface area is 117 Å². The molecule has 2 heteroatoms. The van der Waals surface area contributed by atoms with Crippen molar-refractivity contribution in [2.75, 3.05) is 14.1 Å². The van der Waals surface area contributed by atoms with Gasteiger partial charge in [0, 0.05) is 5.54 Å². The lowest BCUT2D eigenvalue weighted by molar-refractivity contribution is 1.02. The van der Waals surface area contributed by atoms with Crippen LogP contribution in [-0.4, -0.2) is 14.1 Å². The Morgan fingerprint density at radius 3 is 2.11 bits per heavy atom. The molecule has 0 aromatic heterocycles. The van der Waals surface area contributed by atoms with Gasteiger partial charge in [-0.25, -0.2) is 0 Å². The van der Waals surface area contributed by atoms with Crippen LogP contribution in [0.3, 0.4) is 0 Å². The molecule has 0 radical (unpaired) electrons. The maximum Gasteiger partial charge on any atom is 0.00484 e. The fraction of sp³-hybridized carbons (Fsp3) is 0.250. The lowest BCUT2D eigenvalue weighted by Gasteiger charge is -1.86. The molecular formula is C16H24ClN. The van der Waals surface area contributed by atoms with E-state index in [9.17, 15) is 0 Å². The molecule has 18 heavy (non-hydrogen) atoms. The molecule has 0 atom stereocenters. The Bertz CT molecular complexity index is 315. The van der Waals surface area contributed by atoms with Crippen LogP contribution in [0.4, 0.5) is 0 Å². The molecule has 0 unspecified atom stereocenters. The van der Waals surface area contributed by atoms with E-state index in [2.05, 4.69) is 24.9 Å². The number of hydrogen-bond acceptors (Lipinski definition) is 1. The maximum absolute atomic E-state index is 5.36. The highest BCUT2D eigenvalue weighted by molar-refractivity contribution is 6.27. The molecule has 0 aliphatic rings. The Hall–Kier alpha value is -1.31. The second kappa shape index (κ2) is 18.1. The SMILES string of the molecule is C=CC=CCC.CNC.ClC=Cc1ccccc1. The predicted molar refractivity (Wildman–Crippen MR) is 85.9 cm³/mol. The molecule has 0 heterocycles. The summed E-state index contributed by atoms with van der Waals surface area (Å²) in [6.45, 7) is 5.61. The highest BCUT2D eigenvalue weighted by Crippen LogP contribution is 2.00. The monoisotopic (exact) mass is 265 g/mol. The molecule has 1 aromatic carbocycles. The molecule has 0 saturated heterocycles. The first-order valence-corrected chi connectivity index (χ1v) is 6.38. The maximum atomic E-state index is 5.36. The molecule has 1 aromatic rings. The van der Waals surface area contributed by atoms with Crippen molar-refractivity contribution in [3.63, 3.8) is 0 Å². The average molecular weight is 266 g/mol. The van der Waals surface area contributed by atoms with E-state index in [4.69, 9.17) is 11.6 Å². The van der Waals surface area contributed by atoms with Crippen molar-refractivity contribution in [3.05, 3.63) is 66.2 Å². The largest absolute Gasteiger partial charge is 0.323 e.